The minimum atomic E-state index is -3.75. The lowest BCUT2D eigenvalue weighted by Gasteiger charge is -2.37. The lowest BCUT2D eigenvalue weighted by atomic mass is 9.95. The smallest absolute Gasteiger partial charge is 0.244 e. The number of piperazine rings is 1. The van der Waals surface area contributed by atoms with Crippen LogP contribution in [0.5, 0.6) is 0 Å². The van der Waals surface area contributed by atoms with Gasteiger partial charge in [-0.25, -0.2) is 8.42 Å². The van der Waals surface area contributed by atoms with E-state index in [9.17, 15) is 13.2 Å². The maximum atomic E-state index is 13.8. The fraction of sp³-hybridized carbons (Fsp3) is 0.682. The Morgan fingerprint density at radius 2 is 1.55 bits per heavy atom. The molecule has 1 aromatic rings. The van der Waals surface area contributed by atoms with Crippen LogP contribution in [0.25, 0.3) is 0 Å². The van der Waals surface area contributed by atoms with Gasteiger partial charge in [0.1, 0.15) is 0 Å². The molecule has 0 unspecified atom stereocenters. The fourth-order valence-corrected chi connectivity index (χ4v) is 6.81. The van der Waals surface area contributed by atoms with Crippen molar-refractivity contribution < 1.29 is 13.2 Å². The summed E-state index contributed by atoms with van der Waals surface area (Å²) in [5, 5.41) is 0. The minimum absolute atomic E-state index is 0.0521. The van der Waals surface area contributed by atoms with Crippen molar-refractivity contribution in [1.82, 2.24) is 14.1 Å². The van der Waals surface area contributed by atoms with Gasteiger partial charge in [0.25, 0.3) is 0 Å². The van der Waals surface area contributed by atoms with E-state index >= 15 is 0 Å². The molecule has 0 radical (unpaired) electrons. The third-order valence-corrected chi connectivity index (χ3v) is 8.50. The van der Waals surface area contributed by atoms with Crippen LogP contribution in [-0.4, -0.2) is 74.2 Å². The van der Waals surface area contributed by atoms with Crippen LogP contribution in [-0.2, 0) is 14.8 Å². The second-order valence-corrected chi connectivity index (χ2v) is 10.6. The summed E-state index contributed by atoms with van der Waals surface area (Å²) in [5.41, 5.74) is 2.57. The van der Waals surface area contributed by atoms with Gasteiger partial charge in [0.2, 0.25) is 15.9 Å². The molecule has 3 rings (SSSR count). The largest absolute Gasteiger partial charge is 0.339 e. The average Bonchev–Trinajstić information content (AvgIpc) is 2.66. The number of nitrogens with zero attached hydrogens (tertiary/aromatic N) is 3. The van der Waals surface area contributed by atoms with Gasteiger partial charge in [-0.05, 0) is 51.8 Å². The summed E-state index contributed by atoms with van der Waals surface area (Å²) in [6.07, 6.45) is 4.84. The number of benzene rings is 1. The number of aryl methyl sites for hydroxylation is 3. The van der Waals surface area contributed by atoms with Gasteiger partial charge in [0.05, 0.1) is 11.4 Å². The minimum Gasteiger partial charge on any atom is -0.339 e. The van der Waals surface area contributed by atoms with Gasteiger partial charge in [0, 0.05) is 32.2 Å². The highest BCUT2D eigenvalue weighted by Crippen LogP contribution is 2.31. The van der Waals surface area contributed by atoms with E-state index < -0.39 is 10.0 Å². The molecule has 1 aliphatic heterocycles. The number of carbonyl (C=O) groups is 1. The molecule has 29 heavy (non-hydrogen) atoms. The predicted octanol–water partition coefficient (Wildman–Crippen LogP) is 2.71. The van der Waals surface area contributed by atoms with Crippen molar-refractivity contribution in [3.8, 4) is 0 Å². The van der Waals surface area contributed by atoms with E-state index in [1.807, 2.05) is 44.9 Å². The van der Waals surface area contributed by atoms with E-state index in [2.05, 4.69) is 4.90 Å². The highest BCUT2D eigenvalue weighted by atomic mass is 32.2. The van der Waals surface area contributed by atoms with E-state index in [4.69, 9.17) is 0 Å². The van der Waals surface area contributed by atoms with Gasteiger partial charge >= 0.3 is 0 Å². The molecule has 0 spiro atoms. The number of amides is 1. The van der Waals surface area contributed by atoms with Crippen LogP contribution >= 0.6 is 0 Å². The van der Waals surface area contributed by atoms with Crippen LogP contribution in [0.15, 0.2) is 17.0 Å². The first kappa shape index (κ1) is 22.2. The Morgan fingerprint density at radius 1 is 1.00 bits per heavy atom. The highest BCUT2D eigenvalue weighted by molar-refractivity contribution is 7.89. The molecule has 2 fully saturated rings. The summed E-state index contributed by atoms with van der Waals surface area (Å²) in [6, 6.07) is 3.74. The first-order chi connectivity index (χ1) is 13.7. The lowest BCUT2D eigenvalue weighted by Crippen LogP contribution is -2.52. The second kappa shape index (κ2) is 9.14. The monoisotopic (exact) mass is 421 g/mol. The normalized spacial score (nSPS) is 19.7. The average molecular weight is 422 g/mol. The molecule has 0 aromatic heterocycles. The third kappa shape index (κ3) is 5.01. The molecule has 2 aliphatic rings. The van der Waals surface area contributed by atoms with E-state index in [1.54, 1.807) is 0 Å². The van der Waals surface area contributed by atoms with Crippen LogP contribution in [0.1, 0.15) is 48.8 Å². The third-order valence-electron chi connectivity index (χ3n) is 6.30. The van der Waals surface area contributed by atoms with Crippen LogP contribution in [0, 0.1) is 20.8 Å². The van der Waals surface area contributed by atoms with Gasteiger partial charge in [0.15, 0.2) is 0 Å². The fourth-order valence-electron chi connectivity index (χ4n) is 4.76. The van der Waals surface area contributed by atoms with Crippen LogP contribution < -0.4 is 0 Å². The molecule has 162 valence electrons. The molecule has 0 N–H and O–H groups in total. The number of sulfonamides is 1. The molecule has 0 atom stereocenters. The van der Waals surface area contributed by atoms with Crippen molar-refractivity contribution >= 4 is 15.9 Å². The molecular formula is C22H35N3O3S. The van der Waals surface area contributed by atoms with Gasteiger partial charge in [-0.3, -0.25) is 4.79 Å². The van der Waals surface area contributed by atoms with Crippen molar-refractivity contribution in [2.24, 2.45) is 0 Å². The van der Waals surface area contributed by atoms with Crippen LogP contribution in [0.3, 0.4) is 0 Å². The van der Waals surface area contributed by atoms with Crippen LogP contribution in [0.4, 0.5) is 0 Å². The van der Waals surface area contributed by atoms with Gasteiger partial charge in [-0.15, -0.1) is 0 Å². The number of hydrogen-bond donors (Lipinski definition) is 0. The zero-order chi connectivity index (χ0) is 21.2. The summed E-state index contributed by atoms with van der Waals surface area (Å²) in [7, 11) is -1.70. The molecule has 0 bridgehead atoms. The van der Waals surface area contributed by atoms with Gasteiger partial charge < -0.3 is 9.80 Å². The van der Waals surface area contributed by atoms with Crippen molar-refractivity contribution in [3.05, 3.63) is 28.8 Å². The predicted molar refractivity (Wildman–Crippen MR) is 115 cm³/mol. The molecule has 1 amide bonds. The van der Waals surface area contributed by atoms with Gasteiger partial charge in [-0.1, -0.05) is 37.0 Å². The summed E-state index contributed by atoms with van der Waals surface area (Å²) in [4.78, 5) is 17.4. The second-order valence-electron chi connectivity index (χ2n) is 8.75. The molecule has 1 aromatic carbocycles. The van der Waals surface area contributed by atoms with E-state index in [-0.39, 0.29) is 18.5 Å². The quantitative estimate of drug-likeness (QED) is 0.733. The Balaban J connectivity index is 1.92. The topological polar surface area (TPSA) is 60.9 Å². The zero-order valence-electron chi connectivity index (χ0n) is 18.3. The Kier molecular flexibility index (Phi) is 7.02. The number of likely N-dealkylation sites (N-methyl/N-ethyl adjacent to an activating group) is 1. The van der Waals surface area contributed by atoms with E-state index in [1.165, 1.54) is 4.31 Å². The summed E-state index contributed by atoms with van der Waals surface area (Å²) >= 11 is 0. The number of rotatable bonds is 5. The first-order valence-electron chi connectivity index (χ1n) is 10.8. The molecule has 1 saturated heterocycles. The Hall–Kier alpha value is -1.44. The highest BCUT2D eigenvalue weighted by Gasteiger charge is 2.36. The van der Waals surface area contributed by atoms with Crippen molar-refractivity contribution in [3.63, 3.8) is 0 Å². The molecular weight excluding hydrogens is 386 g/mol. The first-order valence-corrected chi connectivity index (χ1v) is 12.2. The molecule has 1 heterocycles. The van der Waals surface area contributed by atoms with Crippen LogP contribution in [0.2, 0.25) is 0 Å². The van der Waals surface area contributed by atoms with Gasteiger partial charge in [-0.2, -0.15) is 4.31 Å². The number of hydrogen-bond acceptors (Lipinski definition) is 4. The van der Waals surface area contributed by atoms with E-state index in [0.717, 1.165) is 61.9 Å². The molecule has 1 aliphatic carbocycles. The summed E-state index contributed by atoms with van der Waals surface area (Å²) in [6.45, 7) is 8.63. The Labute approximate surface area is 175 Å². The SMILES string of the molecule is Cc1cc(C)c(S(=O)(=O)N(CC(=O)N2CCN(C)CC2)C2CCCCC2)c(C)c1. The number of carbonyl (C=O) groups excluding carboxylic acids is 1. The Morgan fingerprint density at radius 3 is 2.10 bits per heavy atom. The summed E-state index contributed by atoms with van der Waals surface area (Å²) in [5.74, 6) is -0.0744. The molecule has 7 heteroatoms. The summed E-state index contributed by atoms with van der Waals surface area (Å²) < 4.78 is 29.1. The standard InChI is InChI=1S/C22H35N3O3S/c1-17-14-18(2)22(19(3)15-17)29(27,28)25(20-8-6-5-7-9-20)16-21(26)24-12-10-23(4)11-13-24/h14-15,20H,5-13,16H2,1-4H3. The van der Waals surface area contributed by atoms with Crippen molar-refractivity contribution in [1.29, 1.82) is 0 Å². The van der Waals surface area contributed by atoms with Crippen molar-refractivity contribution in [2.75, 3.05) is 39.8 Å². The molecule has 6 nitrogen and oxygen atoms in total. The zero-order valence-corrected chi connectivity index (χ0v) is 19.1. The Bertz CT molecular complexity index is 816. The van der Waals surface area contributed by atoms with E-state index in [0.29, 0.717) is 18.0 Å². The molecule has 1 saturated carbocycles. The lowest BCUT2D eigenvalue weighted by molar-refractivity contribution is -0.133. The van der Waals surface area contributed by atoms with Crippen molar-refractivity contribution in [2.45, 2.75) is 63.8 Å². The maximum absolute atomic E-state index is 13.8. The maximum Gasteiger partial charge on any atom is 0.244 e.